The second kappa shape index (κ2) is 8.08. The van der Waals surface area contributed by atoms with Crippen molar-refractivity contribution in [3.63, 3.8) is 0 Å². The largest absolute Gasteiger partial charge is 0.355 e. The summed E-state index contributed by atoms with van der Waals surface area (Å²) in [6.45, 7) is -0.220. The van der Waals surface area contributed by atoms with Crippen molar-refractivity contribution in [2.75, 3.05) is 11.9 Å². The Balaban J connectivity index is 1.77. The van der Waals surface area contributed by atoms with Crippen LogP contribution in [0.4, 0.5) is 5.82 Å². The van der Waals surface area contributed by atoms with Crippen LogP contribution in [0, 0.1) is 0 Å². The smallest absolute Gasteiger partial charge is 0.342 e. The quantitative estimate of drug-likeness (QED) is 0.429. The van der Waals surface area contributed by atoms with Gasteiger partial charge in [-0.2, -0.15) is 5.10 Å². The predicted octanol–water partition coefficient (Wildman–Crippen LogP) is -0.314. The van der Waals surface area contributed by atoms with Crippen molar-refractivity contribution < 1.29 is 4.79 Å². The van der Waals surface area contributed by atoms with E-state index in [1.54, 1.807) is 6.08 Å². The van der Waals surface area contributed by atoms with Crippen LogP contribution in [0.3, 0.4) is 0 Å². The topological polar surface area (TPSA) is 132 Å². The molecular weight excluding hydrogens is 300 g/mol. The fourth-order valence-corrected chi connectivity index (χ4v) is 1.54. The lowest BCUT2D eigenvalue weighted by Crippen LogP contribution is -2.31. The highest BCUT2D eigenvalue weighted by molar-refractivity contribution is 5.83. The Hall–Kier alpha value is -3.49. The maximum atomic E-state index is 11.5. The summed E-state index contributed by atoms with van der Waals surface area (Å²) >= 11 is 0. The normalized spacial score (nSPS) is 11.0. The highest BCUT2D eigenvalue weighted by Crippen LogP contribution is 1.99. The summed E-state index contributed by atoms with van der Waals surface area (Å²) in [5, 5.41) is 11.7. The summed E-state index contributed by atoms with van der Waals surface area (Å²) in [4.78, 5) is 35.6. The fraction of sp³-hybridized carbons (Fsp3) is 0.0714. The van der Waals surface area contributed by atoms with Crippen molar-refractivity contribution in [1.29, 1.82) is 0 Å². The number of carbonyl (C=O) groups excluding carboxylic acids is 1. The number of rotatable bonds is 6. The number of anilines is 1. The van der Waals surface area contributed by atoms with Gasteiger partial charge in [-0.25, -0.2) is 15.3 Å². The third kappa shape index (κ3) is 5.42. The van der Waals surface area contributed by atoms with Crippen LogP contribution in [0.5, 0.6) is 0 Å². The zero-order chi connectivity index (χ0) is 16.5. The molecule has 0 bridgehead atoms. The van der Waals surface area contributed by atoms with Crippen molar-refractivity contribution >= 4 is 24.0 Å². The van der Waals surface area contributed by atoms with E-state index in [1.807, 2.05) is 46.5 Å². The summed E-state index contributed by atoms with van der Waals surface area (Å²) in [5.41, 5.74) is 1.85. The zero-order valence-electron chi connectivity index (χ0n) is 11.9. The minimum Gasteiger partial charge on any atom is -0.355 e. The van der Waals surface area contributed by atoms with Gasteiger partial charge in [-0.1, -0.05) is 36.4 Å². The standard InChI is InChI=1S/C14H14N6O3/c21-11(9-15-12-13(22)17-14(23)20-19-12)18-16-8-4-7-10-5-2-1-3-6-10/h1-8H,9H2,(H,15,19)(H,18,21)(H2,17,20,22,23)/b7-4+,16-8+. The minimum atomic E-state index is -0.722. The Bertz CT molecular complexity index is 822. The van der Waals surface area contributed by atoms with E-state index in [2.05, 4.69) is 20.9 Å². The van der Waals surface area contributed by atoms with Crippen molar-refractivity contribution in [2.24, 2.45) is 5.10 Å². The summed E-state index contributed by atoms with van der Waals surface area (Å²) < 4.78 is 0. The molecule has 9 heteroatoms. The number of carbonyl (C=O) groups is 1. The number of aromatic amines is 2. The Kier molecular flexibility index (Phi) is 5.58. The molecular formula is C14H14N6O3. The number of hydrazone groups is 1. The lowest BCUT2D eigenvalue weighted by atomic mass is 10.2. The molecule has 9 nitrogen and oxygen atoms in total. The molecule has 1 aromatic carbocycles. The fourth-order valence-electron chi connectivity index (χ4n) is 1.54. The van der Waals surface area contributed by atoms with Gasteiger partial charge in [0.15, 0.2) is 0 Å². The predicted molar refractivity (Wildman–Crippen MR) is 86.1 cm³/mol. The summed E-state index contributed by atoms with van der Waals surface area (Å²) in [6, 6.07) is 9.61. The molecule has 4 N–H and O–H groups in total. The lowest BCUT2D eigenvalue weighted by molar-refractivity contribution is -0.119. The minimum absolute atomic E-state index is 0.160. The zero-order valence-corrected chi connectivity index (χ0v) is 11.9. The highest BCUT2D eigenvalue weighted by Gasteiger charge is 2.04. The summed E-state index contributed by atoms with van der Waals surface area (Å²) in [7, 11) is 0. The van der Waals surface area contributed by atoms with Crippen molar-refractivity contribution in [3.05, 3.63) is 62.8 Å². The number of nitrogens with one attached hydrogen (secondary N) is 4. The SMILES string of the molecule is O=C(CNc1n[nH]c(=O)[nH]c1=O)N/N=C/C=C/c1ccccc1. The number of allylic oxidation sites excluding steroid dienone is 1. The molecule has 0 spiro atoms. The van der Waals surface area contributed by atoms with Crippen LogP contribution in [-0.4, -0.2) is 33.8 Å². The molecule has 0 unspecified atom stereocenters. The maximum Gasteiger partial charge on any atom is 0.342 e. The van der Waals surface area contributed by atoms with E-state index in [-0.39, 0.29) is 12.4 Å². The van der Waals surface area contributed by atoms with E-state index in [1.165, 1.54) is 6.21 Å². The van der Waals surface area contributed by atoms with E-state index >= 15 is 0 Å². The Labute approximate surface area is 130 Å². The number of aromatic nitrogens is 3. The molecule has 0 aliphatic carbocycles. The maximum absolute atomic E-state index is 11.5. The Morgan fingerprint density at radius 3 is 2.78 bits per heavy atom. The van der Waals surface area contributed by atoms with Crippen LogP contribution in [0.15, 0.2) is 51.1 Å². The molecule has 0 saturated carbocycles. The van der Waals surface area contributed by atoms with E-state index in [4.69, 9.17) is 0 Å². The molecule has 23 heavy (non-hydrogen) atoms. The van der Waals surface area contributed by atoms with E-state index in [9.17, 15) is 14.4 Å². The first-order valence-corrected chi connectivity index (χ1v) is 6.61. The van der Waals surface area contributed by atoms with E-state index < -0.39 is 17.2 Å². The Morgan fingerprint density at radius 1 is 1.26 bits per heavy atom. The van der Waals surface area contributed by atoms with Gasteiger partial charge in [0.25, 0.3) is 11.5 Å². The van der Waals surface area contributed by atoms with Crippen LogP contribution in [-0.2, 0) is 4.79 Å². The summed E-state index contributed by atoms with van der Waals surface area (Å²) in [5.74, 6) is -0.630. The Morgan fingerprint density at radius 2 is 2.04 bits per heavy atom. The van der Waals surface area contributed by atoms with Crippen LogP contribution in [0.25, 0.3) is 6.08 Å². The third-order valence-electron chi connectivity index (χ3n) is 2.57. The first kappa shape index (κ1) is 15.9. The lowest BCUT2D eigenvalue weighted by Gasteiger charge is -2.01. The van der Waals surface area contributed by atoms with Gasteiger partial charge in [0.05, 0.1) is 6.54 Å². The second-order valence-electron chi connectivity index (χ2n) is 4.29. The number of benzene rings is 1. The first-order valence-electron chi connectivity index (χ1n) is 6.61. The van der Waals surface area contributed by atoms with Crippen molar-refractivity contribution in [1.82, 2.24) is 20.6 Å². The van der Waals surface area contributed by atoms with Gasteiger partial charge in [0, 0.05) is 6.21 Å². The van der Waals surface area contributed by atoms with Crippen LogP contribution < -0.4 is 22.0 Å². The van der Waals surface area contributed by atoms with Crippen molar-refractivity contribution in [3.8, 4) is 0 Å². The molecule has 2 rings (SSSR count). The molecule has 1 heterocycles. The van der Waals surface area contributed by atoms with Gasteiger partial charge in [0.2, 0.25) is 5.82 Å². The second-order valence-corrected chi connectivity index (χ2v) is 4.29. The monoisotopic (exact) mass is 314 g/mol. The first-order chi connectivity index (χ1) is 11.1. The molecule has 1 aromatic heterocycles. The van der Waals surface area contributed by atoms with Crippen LogP contribution in [0.2, 0.25) is 0 Å². The van der Waals surface area contributed by atoms with E-state index in [0.717, 1.165) is 5.56 Å². The highest BCUT2D eigenvalue weighted by atomic mass is 16.2. The molecule has 0 fully saturated rings. The molecule has 0 saturated heterocycles. The van der Waals surface area contributed by atoms with E-state index in [0.29, 0.717) is 0 Å². The third-order valence-corrected chi connectivity index (χ3v) is 2.57. The van der Waals surface area contributed by atoms with Gasteiger partial charge < -0.3 is 5.32 Å². The average Bonchev–Trinajstić information content (AvgIpc) is 2.54. The van der Waals surface area contributed by atoms with Gasteiger partial charge >= 0.3 is 5.69 Å². The molecule has 1 amide bonds. The van der Waals surface area contributed by atoms with Gasteiger partial charge in [-0.05, 0) is 11.6 Å². The molecule has 2 aromatic rings. The molecule has 0 atom stereocenters. The average molecular weight is 314 g/mol. The molecule has 0 radical (unpaired) electrons. The number of amides is 1. The van der Waals surface area contributed by atoms with Gasteiger partial charge in [0.1, 0.15) is 0 Å². The van der Waals surface area contributed by atoms with Gasteiger partial charge in [-0.3, -0.25) is 14.6 Å². The van der Waals surface area contributed by atoms with Crippen LogP contribution in [0.1, 0.15) is 5.56 Å². The number of hydrogen-bond acceptors (Lipinski definition) is 6. The van der Waals surface area contributed by atoms with Gasteiger partial charge in [-0.15, -0.1) is 5.10 Å². The van der Waals surface area contributed by atoms with Crippen molar-refractivity contribution in [2.45, 2.75) is 0 Å². The molecule has 0 aliphatic heterocycles. The number of H-pyrrole nitrogens is 2. The number of nitrogens with zero attached hydrogens (tertiary/aromatic N) is 2. The number of hydrogen-bond donors (Lipinski definition) is 4. The summed E-state index contributed by atoms with van der Waals surface area (Å²) in [6.07, 6.45) is 4.94. The molecule has 118 valence electrons. The van der Waals surface area contributed by atoms with Crippen LogP contribution >= 0.6 is 0 Å². The molecule has 0 aliphatic rings.